The van der Waals surface area contributed by atoms with Gasteiger partial charge in [0.05, 0.1) is 57.2 Å². The van der Waals surface area contributed by atoms with Gasteiger partial charge < -0.3 is 44.5 Å². The minimum absolute atomic E-state index is 0.242. The van der Waals surface area contributed by atoms with E-state index in [0.717, 1.165) is 27.8 Å². The van der Waals surface area contributed by atoms with Crippen molar-refractivity contribution in [2.75, 3.05) is 88.7 Å². The molecule has 4 aromatic carbocycles. The number of hydrogen-bond acceptors (Lipinski definition) is 11. The number of aromatic nitrogens is 3. The Labute approximate surface area is 356 Å². The molecule has 2 aromatic heterocycles. The molecule has 4 N–H and O–H groups in total. The number of amides is 3. The number of anilines is 5. The van der Waals surface area contributed by atoms with E-state index in [1.165, 1.54) is 0 Å². The molecule has 0 aliphatic rings. The maximum atomic E-state index is 13.6. The Hall–Kier alpha value is -6.68. The topological polar surface area (TPSA) is 162 Å². The first kappa shape index (κ1) is 43.9. The van der Waals surface area contributed by atoms with Gasteiger partial charge in [0, 0.05) is 85.3 Å². The number of hydrogen-bond donors (Lipinski definition) is 4. The molecule has 0 spiro atoms. The monoisotopic (exact) mass is 830 g/mol. The van der Waals surface area contributed by atoms with Crippen molar-refractivity contribution in [3.05, 3.63) is 115 Å². The number of carbonyl (C=O) groups is 2. The van der Waals surface area contributed by atoms with Gasteiger partial charge in [-0.15, -0.1) is 0 Å². The van der Waals surface area contributed by atoms with Crippen LogP contribution < -0.4 is 35.6 Å². The van der Waals surface area contributed by atoms with E-state index in [-0.39, 0.29) is 11.3 Å². The molecular weight excluding hydrogens is 777 g/mol. The predicted octanol–water partition coefficient (Wildman–Crippen LogP) is 8.38. The number of fused-ring (bicyclic) bond motifs is 1. The highest BCUT2D eigenvalue weighted by Gasteiger charge is 2.22. The highest BCUT2D eigenvalue weighted by atomic mass is 16.5. The van der Waals surface area contributed by atoms with Gasteiger partial charge in [0.25, 0.3) is 5.91 Å². The van der Waals surface area contributed by atoms with Crippen molar-refractivity contribution in [1.29, 1.82) is 0 Å². The summed E-state index contributed by atoms with van der Waals surface area (Å²) in [7, 11) is 7.14. The Bertz CT molecular complexity index is 2410. The van der Waals surface area contributed by atoms with Crippen LogP contribution in [0.3, 0.4) is 0 Å². The fourth-order valence-corrected chi connectivity index (χ4v) is 6.21. The highest BCUT2D eigenvalue weighted by molar-refractivity contribution is 6.07. The maximum Gasteiger partial charge on any atom is 0.324 e. The van der Waals surface area contributed by atoms with Gasteiger partial charge in [-0.1, -0.05) is 45.0 Å². The van der Waals surface area contributed by atoms with Gasteiger partial charge in [0.2, 0.25) is 0 Å². The zero-order chi connectivity index (χ0) is 43.4. The second-order valence-corrected chi connectivity index (χ2v) is 15.3. The molecule has 3 amide bonds. The highest BCUT2D eigenvalue weighted by Crippen LogP contribution is 2.36. The van der Waals surface area contributed by atoms with Gasteiger partial charge in [-0.2, -0.15) is 5.10 Å². The van der Waals surface area contributed by atoms with Gasteiger partial charge in [0.1, 0.15) is 28.9 Å². The number of nitrogens with zero attached hydrogens (tertiary/aromatic N) is 4. The molecule has 0 bridgehead atoms. The Morgan fingerprint density at radius 2 is 1.51 bits per heavy atom. The molecule has 6 aromatic rings. The van der Waals surface area contributed by atoms with E-state index in [2.05, 4.69) is 47.0 Å². The molecule has 0 unspecified atom stereocenters. The van der Waals surface area contributed by atoms with Crippen LogP contribution in [-0.2, 0) is 19.6 Å². The first-order chi connectivity index (χ1) is 29.4. The predicted molar refractivity (Wildman–Crippen MR) is 240 cm³/mol. The molecule has 0 aliphatic carbocycles. The fraction of sp³-hybridized carbons (Fsp3) is 0.304. The average molecular weight is 831 g/mol. The number of urea groups is 1. The van der Waals surface area contributed by atoms with Gasteiger partial charge in [-0.05, 0) is 54.6 Å². The van der Waals surface area contributed by atoms with Gasteiger partial charge >= 0.3 is 6.03 Å². The van der Waals surface area contributed by atoms with Crippen molar-refractivity contribution in [1.82, 2.24) is 20.1 Å². The molecule has 2 heterocycles. The third kappa shape index (κ3) is 12.0. The van der Waals surface area contributed by atoms with Crippen molar-refractivity contribution in [3.8, 4) is 22.9 Å². The summed E-state index contributed by atoms with van der Waals surface area (Å²) >= 11 is 0. The zero-order valence-electron chi connectivity index (χ0n) is 35.7. The minimum Gasteiger partial charge on any atom is -0.497 e. The molecule has 0 saturated heterocycles. The average Bonchev–Trinajstić information content (AvgIpc) is 3.68. The van der Waals surface area contributed by atoms with Gasteiger partial charge in [0.15, 0.2) is 0 Å². The van der Waals surface area contributed by atoms with E-state index in [9.17, 15) is 9.59 Å². The molecule has 0 saturated carbocycles. The number of nitrogens with one attached hydrogen (secondary N) is 4. The number of methoxy groups -OCH3 is 2. The van der Waals surface area contributed by atoms with Crippen LogP contribution in [0, 0.1) is 0 Å². The fourth-order valence-electron chi connectivity index (χ4n) is 6.21. The summed E-state index contributed by atoms with van der Waals surface area (Å²) in [4.78, 5) is 33.2. The molecule has 0 atom stereocenters. The van der Waals surface area contributed by atoms with Crippen molar-refractivity contribution in [2.24, 2.45) is 0 Å². The lowest BCUT2D eigenvalue weighted by atomic mass is 9.92. The largest absolute Gasteiger partial charge is 0.497 e. The van der Waals surface area contributed by atoms with E-state index in [0.29, 0.717) is 85.4 Å². The van der Waals surface area contributed by atoms with E-state index >= 15 is 0 Å². The van der Waals surface area contributed by atoms with Crippen molar-refractivity contribution in [3.63, 3.8) is 0 Å². The van der Waals surface area contributed by atoms with Crippen molar-refractivity contribution >= 4 is 51.4 Å². The molecule has 0 aliphatic heterocycles. The standard InChI is InChI=1S/C46H54N8O7/c1-46(2,3)41-30-43(54(52-41)34-14-12-33(13-15-34)53(4)5)51-45(56)50-39-16-17-40(38-11-9-8-10-37(38)39)61-35-18-19-47-42(29-35)49-32-26-31(27-36(28-32)58-7)44(55)48-20-21-59-24-25-60-23-22-57-6/h8-19,26-30H,20-25H2,1-7H3,(H,47,49)(H,48,55)(H2,50,51,56). The first-order valence-electron chi connectivity index (χ1n) is 19.9. The smallest absolute Gasteiger partial charge is 0.324 e. The third-order valence-corrected chi connectivity index (χ3v) is 9.43. The molecule has 61 heavy (non-hydrogen) atoms. The Kier molecular flexibility index (Phi) is 14.8. The molecule has 6 rings (SSSR count). The molecule has 15 nitrogen and oxygen atoms in total. The first-order valence-corrected chi connectivity index (χ1v) is 19.9. The van der Waals surface area contributed by atoms with Crippen LogP contribution in [-0.4, -0.2) is 94.6 Å². The zero-order valence-corrected chi connectivity index (χ0v) is 35.7. The SMILES string of the molecule is COCCOCCOCCNC(=O)c1cc(Nc2cc(Oc3ccc(NC(=O)Nc4cc(C(C)(C)C)nn4-c4ccc(N(C)C)cc4)c4ccccc34)ccn2)cc(OC)c1. The summed E-state index contributed by atoms with van der Waals surface area (Å²) in [5.41, 5.74) is 4.07. The second kappa shape index (κ2) is 20.5. The van der Waals surface area contributed by atoms with Crippen LogP contribution >= 0.6 is 0 Å². The number of carbonyl (C=O) groups excluding carboxylic acids is 2. The Balaban J connectivity index is 1.12. The third-order valence-electron chi connectivity index (χ3n) is 9.43. The van der Waals surface area contributed by atoms with Gasteiger partial charge in [-0.3, -0.25) is 10.1 Å². The number of ether oxygens (including phenoxy) is 5. The molecule has 0 radical (unpaired) electrons. The van der Waals surface area contributed by atoms with Crippen LogP contribution in [0.4, 0.5) is 33.5 Å². The van der Waals surface area contributed by atoms with E-state index < -0.39 is 6.03 Å². The van der Waals surface area contributed by atoms with E-state index in [1.807, 2.05) is 85.7 Å². The van der Waals surface area contributed by atoms with Crippen LogP contribution in [0.2, 0.25) is 0 Å². The minimum atomic E-state index is -0.419. The Morgan fingerprint density at radius 3 is 2.23 bits per heavy atom. The van der Waals surface area contributed by atoms with E-state index in [4.69, 9.17) is 28.8 Å². The number of rotatable bonds is 19. The Morgan fingerprint density at radius 1 is 0.770 bits per heavy atom. The lowest BCUT2D eigenvalue weighted by Gasteiger charge is -2.15. The summed E-state index contributed by atoms with van der Waals surface area (Å²) < 4.78 is 29.5. The summed E-state index contributed by atoms with van der Waals surface area (Å²) in [6.07, 6.45) is 1.63. The van der Waals surface area contributed by atoms with Crippen LogP contribution in [0.15, 0.2) is 103 Å². The number of benzene rings is 4. The lowest BCUT2D eigenvalue weighted by molar-refractivity contribution is 0.0255. The molecular formula is C46H54N8O7. The van der Waals surface area contributed by atoms with Crippen LogP contribution in [0.25, 0.3) is 16.5 Å². The molecule has 320 valence electrons. The summed E-state index contributed by atoms with van der Waals surface area (Å²) in [6, 6.07) is 29.4. The molecule has 15 heteroatoms. The lowest BCUT2D eigenvalue weighted by Crippen LogP contribution is -2.27. The maximum absolute atomic E-state index is 13.6. The quantitative estimate of drug-likeness (QED) is 0.0581. The van der Waals surface area contributed by atoms with Gasteiger partial charge in [-0.25, -0.2) is 14.5 Å². The summed E-state index contributed by atoms with van der Waals surface area (Å²) in [5.74, 6) is 2.35. The summed E-state index contributed by atoms with van der Waals surface area (Å²) in [5, 5.41) is 18.6. The van der Waals surface area contributed by atoms with Crippen LogP contribution in [0.5, 0.6) is 17.2 Å². The van der Waals surface area contributed by atoms with Crippen molar-refractivity contribution < 1.29 is 33.3 Å². The van der Waals surface area contributed by atoms with Crippen molar-refractivity contribution in [2.45, 2.75) is 26.2 Å². The van der Waals surface area contributed by atoms with Crippen LogP contribution in [0.1, 0.15) is 36.8 Å². The second-order valence-electron chi connectivity index (χ2n) is 15.3. The molecule has 0 fully saturated rings. The van der Waals surface area contributed by atoms with E-state index in [1.54, 1.807) is 55.4 Å². The number of pyridine rings is 1. The normalized spacial score (nSPS) is 11.3. The summed E-state index contributed by atoms with van der Waals surface area (Å²) in [6.45, 7) is 8.82.